The number of para-hydroxylation sites is 2. The smallest absolute Gasteiger partial charge is 0.220 e. The minimum atomic E-state index is -0.240. The number of nitrogens with zero attached hydrogens (tertiary/aromatic N) is 1. The van der Waals surface area contributed by atoms with Gasteiger partial charge in [-0.05, 0) is 31.0 Å². The molecule has 2 aromatic carbocycles. The van der Waals surface area contributed by atoms with Gasteiger partial charge < -0.3 is 9.73 Å². The van der Waals surface area contributed by atoms with Crippen molar-refractivity contribution in [1.82, 2.24) is 10.3 Å². The summed E-state index contributed by atoms with van der Waals surface area (Å²) < 4.78 is 5.67. The summed E-state index contributed by atoms with van der Waals surface area (Å²) in [6.07, 6.45) is 1.18. The Kier molecular flexibility index (Phi) is 4.19. The van der Waals surface area contributed by atoms with Crippen LogP contribution in [0.1, 0.15) is 30.8 Å². The van der Waals surface area contributed by atoms with E-state index in [2.05, 4.69) is 10.3 Å². The summed E-state index contributed by atoms with van der Waals surface area (Å²) in [5.74, 6) is 0.535. The van der Waals surface area contributed by atoms with Crippen molar-refractivity contribution in [3.63, 3.8) is 0 Å². The lowest BCUT2D eigenvalue weighted by atomic mass is 10.1. The molecule has 3 rings (SSSR count). The molecule has 1 N–H and O–H groups in total. The molecule has 0 aliphatic carbocycles. The number of carbonyl (C=O) groups is 1. The maximum atomic E-state index is 12.0. The number of fused-ring (bicyclic) bond motifs is 1. The quantitative estimate of drug-likeness (QED) is 0.781. The number of amides is 1. The van der Waals surface area contributed by atoms with E-state index >= 15 is 0 Å². The molecule has 0 aliphatic rings. The fourth-order valence-electron chi connectivity index (χ4n) is 2.35. The maximum absolute atomic E-state index is 12.0. The third-order valence-electron chi connectivity index (χ3n) is 3.54. The Morgan fingerprint density at radius 3 is 2.64 bits per heavy atom. The summed E-state index contributed by atoms with van der Waals surface area (Å²) in [5.41, 5.74) is 2.71. The van der Waals surface area contributed by atoms with Gasteiger partial charge in [0.1, 0.15) is 11.6 Å². The Hall–Kier alpha value is -2.62. The number of aromatic nitrogens is 1. The lowest BCUT2D eigenvalue weighted by molar-refractivity contribution is -0.121. The largest absolute Gasteiger partial charge is 0.438 e. The first-order chi connectivity index (χ1) is 10.7. The topological polar surface area (TPSA) is 55.1 Å². The summed E-state index contributed by atoms with van der Waals surface area (Å²) >= 11 is 0. The second kappa shape index (κ2) is 6.43. The SMILES string of the molecule is CC(NC(=O)CCc1ccccc1)c1nc2ccccc2o1. The van der Waals surface area contributed by atoms with Gasteiger partial charge in [-0.2, -0.15) is 0 Å². The van der Waals surface area contributed by atoms with E-state index in [4.69, 9.17) is 4.42 Å². The highest BCUT2D eigenvalue weighted by Gasteiger charge is 2.15. The number of benzene rings is 2. The number of aryl methyl sites for hydroxylation is 1. The standard InChI is InChI=1S/C18H18N2O2/c1-13(18-20-15-9-5-6-10-16(15)22-18)19-17(21)12-11-14-7-3-2-4-8-14/h2-10,13H,11-12H2,1H3,(H,19,21). The van der Waals surface area contributed by atoms with Gasteiger partial charge in [-0.1, -0.05) is 42.5 Å². The van der Waals surface area contributed by atoms with Crippen LogP contribution in [0.2, 0.25) is 0 Å². The lowest BCUT2D eigenvalue weighted by Gasteiger charge is -2.10. The van der Waals surface area contributed by atoms with E-state index in [0.717, 1.165) is 23.1 Å². The van der Waals surface area contributed by atoms with Gasteiger partial charge >= 0.3 is 0 Å². The second-order valence-corrected chi connectivity index (χ2v) is 5.29. The molecule has 1 heterocycles. The summed E-state index contributed by atoms with van der Waals surface area (Å²) in [5, 5.41) is 2.93. The molecule has 4 heteroatoms. The first-order valence-corrected chi connectivity index (χ1v) is 7.41. The van der Waals surface area contributed by atoms with Crippen LogP contribution in [-0.2, 0) is 11.2 Å². The van der Waals surface area contributed by atoms with Crippen molar-refractivity contribution in [2.45, 2.75) is 25.8 Å². The molecular formula is C18H18N2O2. The fourth-order valence-corrected chi connectivity index (χ4v) is 2.35. The van der Waals surface area contributed by atoms with E-state index in [1.165, 1.54) is 0 Å². The van der Waals surface area contributed by atoms with Gasteiger partial charge in [0.05, 0.1) is 0 Å². The highest BCUT2D eigenvalue weighted by molar-refractivity contribution is 5.77. The molecule has 0 saturated carbocycles. The van der Waals surface area contributed by atoms with Crippen LogP contribution in [0, 0.1) is 0 Å². The monoisotopic (exact) mass is 294 g/mol. The van der Waals surface area contributed by atoms with Crippen LogP contribution in [0.15, 0.2) is 59.0 Å². The van der Waals surface area contributed by atoms with Crippen LogP contribution in [-0.4, -0.2) is 10.9 Å². The molecule has 0 saturated heterocycles. The molecule has 0 radical (unpaired) electrons. The fraction of sp³-hybridized carbons (Fsp3) is 0.222. The van der Waals surface area contributed by atoms with Crippen molar-refractivity contribution in [2.24, 2.45) is 0 Å². The predicted octanol–water partition coefficient (Wildman–Crippen LogP) is 3.64. The third kappa shape index (κ3) is 3.34. The van der Waals surface area contributed by atoms with Crippen LogP contribution in [0.5, 0.6) is 0 Å². The lowest BCUT2D eigenvalue weighted by Crippen LogP contribution is -2.27. The van der Waals surface area contributed by atoms with E-state index in [9.17, 15) is 4.79 Å². The molecule has 1 unspecified atom stereocenters. The molecule has 0 fully saturated rings. The van der Waals surface area contributed by atoms with Crippen molar-refractivity contribution in [3.8, 4) is 0 Å². The van der Waals surface area contributed by atoms with Crippen LogP contribution >= 0.6 is 0 Å². The molecule has 1 aromatic heterocycles. The predicted molar refractivity (Wildman–Crippen MR) is 85.3 cm³/mol. The van der Waals surface area contributed by atoms with Crippen LogP contribution in [0.25, 0.3) is 11.1 Å². The van der Waals surface area contributed by atoms with Gasteiger partial charge in [-0.25, -0.2) is 4.98 Å². The highest BCUT2D eigenvalue weighted by atomic mass is 16.3. The van der Waals surface area contributed by atoms with Crippen LogP contribution in [0.3, 0.4) is 0 Å². The first kappa shape index (κ1) is 14.3. The van der Waals surface area contributed by atoms with Crippen LogP contribution in [0.4, 0.5) is 0 Å². The summed E-state index contributed by atoms with van der Waals surface area (Å²) in [6.45, 7) is 1.88. The number of oxazole rings is 1. The number of rotatable bonds is 5. The van der Waals surface area contributed by atoms with Gasteiger partial charge in [0, 0.05) is 6.42 Å². The zero-order valence-electron chi connectivity index (χ0n) is 12.5. The van der Waals surface area contributed by atoms with Gasteiger partial charge in [-0.3, -0.25) is 4.79 Å². The number of nitrogens with one attached hydrogen (secondary N) is 1. The number of hydrogen-bond donors (Lipinski definition) is 1. The minimum Gasteiger partial charge on any atom is -0.438 e. The van der Waals surface area contributed by atoms with Crippen molar-refractivity contribution in [2.75, 3.05) is 0 Å². The molecule has 4 nitrogen and oxygen atoms in total. The average Bonchev–Trinajstić information content (AvgIpc) is 2.98. The van der Waals surface area contributed by atoms with Gasteiger partial charge in [0.2, 0.25) is 11.8 Å². The molecule has 112 valence electrons. The first-order valence-electron chi connectivity index (χ1n) is 7.41. The summed E-state index contributed by atoms with van der Waals surface area (Å²) in [4.78, 5) is 16.4. The summed E-state index contributed by atoms with van der Waals surface area (Å²) in [6, 6.07) is 17.3. The van der Waals surface area contributed by atoms with Crippen molar-refractivity contribution in [1.29, 1.82) is 0 Å². The number of carbonyl (C=O) groups excluding carboxylic acids is 1. The average molecular weight is 294 g/mol. The van der Waals surface area contributed by atoms with Crippen molar-refractivity contribution < 1.29 is 9.21 Å². The Balaban J connectivity index is 1.58. The molecule has 0 spiro atoms. The molecule has 1 atom stereocenters. The zero-order chi connectivity index (χ0) is 15.4. The molecule has 0 bridgehead atoms. The molecule has 0 aliphatic heterocycles. The van der Waals surface area contributed by atoms with Gasteiger partial charge in [-0.15, -0.1) is 0 Å². The van der Waals surface area contributed by atoms with Crippen molar-refractivity contribution >= 4 is 17.0 Å². The molecule has 3 aromatic rings. The Bertz CT molecular complexity index is 732. The highest BCUT2D eigenvalue weighted by Crippen LogP contribution is 2.19. The molecule has 22 heavy (non-hydrogen) atoms. The maximum Gasteiger partial charge on any atom is 0.220 e. The van der Waals surface area contributed by atoms with E-state index < -0.39 is 0 Å². The Labute approximate surface area is 129 Å². The normalized spacial score (nSPS) is 12.2. The van der Waals surface area contributed by atoms with E-state index in [1.54, 1.807) is 0 Å². The van der Waals surface area contributed by atoms with E-state index in [0.29, 0.717) is 12.3 Å². The number of hydrogen-bond acceptors (Lipinski definition) is 3. The summed E-state index contributed by atoms with van der Waals surface area (Å²) in [7, 11) is 0. The van der Waals surface area contributed by atoms with E-state index in [-0.39, 0.29) is 11.9 Å². The Morgan fingerprint density at radius 1 is 1.14 bits per heavy atom. The zero-order valence-corrected chi connectivity index (χ0v) is 12.5. The minimum absolute atomic E-state index is 0.00129. The Morgan fingerprint density at radius 2 is 1.86 bits per heavy atom. The van der Waals surface area contributed by atoms with Crippen molar-refractivity contribution in [3.05, 3.63) is 66.1 Å². The molecular weight excluding hydrogens is 276 g/mol. The van der Waals surface area contributed by atoms with Gasteiger partial charge in [0.15, 0.2) is 5.58 Å². The second-order valence-electron chi connectivity index (χ2n) is 5.29. The van der Waals surface area contributed by atoms with Gasteiger partial charge in [0.25, 0.3) is 0 Å². The third-order valence-corrected chi connectivity index (χ3v) is 3.54. The van der Waals surface area contributed by atoms with E-state index in [1.807, 2.05) is 61.5 Å². The molecule has 1 amide bonds. The van der Waals surface area contributed by atoms with Crippen LogP contribution < -0.4 is 5.32 Å².